The zero-order valence-corrected chi connectivity index (χ0v) is 12.9. The molecule has 1 N–H and O–H groups in total. The summed E-state index contributed by atoms with van der Waals surface area (Å²) in [6.07, 6.45) is -4.69. The maximum Gasteiger partial charge on any atom is 0.573 e. The molecule has 1 aromatic rings. The summed E-state index contributed by atoms with van der Waals surface area (Å²) in [6, 6.07) is 5.73. The van der Waals surface area contributed by atoms with Crippen molar-refractivity contribution in [3.63, 3.8) is 0 Å². The van der Waals surface area contributed by atoms with Gasteiger partial charge in [0.25, 0.3) is 0 Å². The van der Waals surface area contributed by atoms with Crippen LogP contribution in [0.25, 0.3) is 0 Å². The van der Waals surface area contributed by atoms with Crippen LogP contribution in [0.4, 0.5) is 13.2 Å². The highest BCUT2D eigenvalue weighted by molar-refractivity contribution is 5.78. The van der Waals surface area contributed by atoms with Crippen molar-refractivity contribution in [2.45, 2.75) is 39.7 Å². The first-order valence-electron chi connectivity index (χ1n) is 7.06. The molecule has 0 saturated heterocycles. The Balaban J connectivity index is 2.58. The maximum absolute atomic E-state index is 12.1. The molecule has 0 bridgehead atoms. The van der Waals surface area contributed by atoms with E-state index in [1.165, 1.54) is 12.1 Å². The normalized spacial score (nSPS) is 11.8. The molecule has 0 aliphatic carbocycles. The quantitative estimate of drug-likeness (QED) is 0.840. The molecule has 0 unspecified atom stereocenters. The Bertz CT molecular complexity index is 473. The predicted octanol–water partition coefficient (Wildman–Crippen LogP) is 2.93. The Morgan fingerprint density at radius 1 is 1.27 bits per heavy atom. The number of nitrogens with one attached hydrogen (secondary N) is 1. The van der Waals surface area contributed by atoms with E-state index >= 15 is 0 Å². The van der Waals surface area contributed by atoms with Gasteiger partial charge in [-0.25, -0.2) is 0 Å². The lowest BCUT2D eigenvalue weighted by atomic mass is 10.2. The van der Waals surface area contributed by atoms with Crippen molar-refractivity contribution in [3.8, 4) is 5.75 Å². The number of alkyl halides is 3. The smallest absolute Gasteiger partial charge is 0.406 e. The van der Waals surface area contributed by atoms with Crippen LogP contribution >= 0.6 is 0 Å². The average molecular weight is 318 g/mol. The number of nitrogens with zero attached hydrogens (tertiary/aromatic N) is 1. The first kappa shape index (κ1) is 18.3. The first-order valence-corrected chi connectivity index (χ1v) is 7.06. The molecular formula is C15H21F3N2O2. The van der Waals surface area contributed by atoms with Gasteiger partial charge >= 0.3 is 6.36 Å². The largest absolute Gasteiger partial charge is 0.573 e. The van der Waals surface area contributed by atoms with Crippen molar-refractivity contribution in [2.75, 3.05) is 13.1 Å². The summed E-state index contributed by atoms with van der Waals surface area (Å²) < 4.78 is 40.1. The summed E-state index contributed by atoms with van der Waals surface area (Å²) in [5.74, 6) is -0.328. The van der Waals surface area contributed by atoms with Crippen LogP contribution in [0.2, 0.25) is 0 Å². The predicted molar refractivity (Wildman–Crippen MR) is 77.4 cm³/mol. The van der Waals surface area contributed by atoms with Crippen molar-refractivity contribution in [1.29, 1.82) is 0 Å². The highest BCUT2D eigenvalue weighted by atomic mass is 19.4. The lowest BCUT2D eigenvalue weighted by Gasteiger charge is -2.21. The van der Waals surface area contributed by atoms with Crippen LogP contribution in [0, 0.1) is 0 Å². The van der Waals surface area contributed by atoms with E-state index < -0.39 is 6.36 Å². The molecule has 1 amide bonds. The van der Waals surface area contributed by atoms with Crippen LogP contribution in [0.1, 0.15) is 26.3 Å². The summed E-state index contributed by atoms with van der Waals surface area (Å²) in [4.78, 5) is 13.6. The summed E-state index contributed by atoms with van der Waals surface area (Å²) >= 11 is 0. The minimum absolute atomic E-state index is 0.0741. The molecule has 4 nitrogen and oxygen atoms in total. The van der Waals surface area contributed by atoms with Gasteiger partial charge in [-0.05, 0) is 38.1 Å². The molecule has 124 valence electrons. The lowest BCUT2D eigenvalue weighted by molar-refractivity contribution is -0.274. The Labute approximate surface area is 128 Å². The van der Waals surface area contributed by atoms with Gasteiger partial charge in [-0.3, -0.25) is 9.69 Å². The molecule has 0 fully saturated rings. The third-order valence-electron chi connectivity index (χ3n) is 2.83. The molecule has 0 aliphatic heterocycles. The SMILES string of the molecule is CCN(CC(=O)NC(C)C)Cc1ccc(OC(F)(F)F)cc1. The van der Waals surface area contributed by atoms with E-state index in [4.69, 9.17) is 0 Å². The lowest BCUT2D eigenvalue weighted by Crippen LogP contribution is -2.39. The second kappa shape index (κ2) is 8.03. The number of likely N-dealkylation sites (N-methyl/N-ethyl adjacent to an activating group) is 1. The van der Waals surface area contributed by atoms with Crippen LogP contribution in [-0.2, 0) is 11.3 Å². The van der Waals surface area contributed by atoms with Gasteiger partial charge in [0.2, 0.25) is 5.91 Å². The van der Waals surface area contributed by atoms with Crippen molar-refractivity contribution in [3.05, 3.63) is 29.8 Å². The number of benzene rings is 1. The maximum atomic E-state index is 12.1. The summed E-state index contributed by atoms with van der Waals surface area (Å²) in [6.45, 7) is 7.07. The molecule has 0 aliphatic rings. The van der Waals surface area contributed by atoms with Gasteiger partial charge < -0.3 is 10.1 Å². The Kier molecular flexibility index (Phi) is 6.67. The van der Waals surface area contributed by atoms with Crippen molar-refractivity contribution >= 4 is 5.91 Å². The first-order chi connectivity index (χ1) is 10.2. The van der Waals surface area contributed by atoms with Crippen LogP contribution in [-0.4, -0.2) is 36.3 Å². The van der Waals surface area contributed by atoms with Gasteiger partial charge in [-0.1, -0.05) is 19.1 Å². The van der Waals surface area contributed by atoms with E-state index in [2.05, 4.69) is 10.1 Å². The zero-order chi connectivity index (χ0) is 16.8. The fraction of sp³-hybridized carbons (Fsp3) is 0.533. The molecule has 0 aromatic heterocycles. The van der Waals surface area contributed by atoms with E-state index in [1.54, 1.807) is 12.1 Å². The fourth-order valence-corrected chi connectivity index (χ4v) is 1.90. The number of amides is 1. The molecule has 1 rings (SSSR count). The van der Waals surface area contributed by atoms with Crippen LogP contribution in [0.3, 0.4) is 0 Å². The zero-order valence-electron chi connectivity index (χ0n) is 12.9. The number of rotatable bonds is 7. The Morgan fingerprint density at radius 2 is 1.86 bits per heavy atom. The van der Waals surface area contributed by atoms with Gasteiger partial charge in [0.05, 0.1) is 6.54 Å². The molecule has 0 spiro atoms. The number of hydrogen-bond acceptors (Lipinski definition) is 3. The fourth-order valence-electron chi connectivity index (χ4n) is 1.90. The van der Waals surface area contributed by atoms with Crippen LogP contribution in [0.15, 0.2) is 24.3 Å². The molecule has 7 heteroatoms. The van der Waals surface area contributed by atoms with Gasteiger partial charge in [-0.2, -0.15) is 0 Å². The second-order valence-electron chi connectivity index (χ2n) is 5.22. The Hall–Kier alpha value is -1.76. The van der Waals surface area contributed by atoms with Crippen LogP contribution in [0.5, 0.6) is 5.75 Å². The third kappa shape index (κ3) is 7.31. The van der Waals surface area contributed by atoms with Gasteiger partial charge in [-0.15, -0.1) is 13.2 Å². The van der Waals surface area contributed by atoms with E-state index in [0.29, 0.717) is 13.1 Å². The standard InChI is InChI=1S/C15H21F3N2O2/c1-4-20(10-14(21)19-11(2)3)9-12-5-7-13(8-6-12)22-15(16,17)18/h5-8,11H,4,9-10H2,1-3H3,(H,19,21). The van der Waals surface area contributed by atoms with Gasteiger partial charge in [0.1, 0.15) is 5.75 Å². The Morgan fingerprint density at radius 3 is 2.32 bits per heavy atom. The van der Waals surface area contributed by atoms with Crippen LogP contribution < -0.4 is 10.1 Å². The molecule has 22 heavy (non-hydrogen) atoms. The van der Waals surface area contributed by atoms with E-state index in [-0.39, 0.29) is 24.2 Å². The topological polar surface area (TPSA) is 41.6 Å². The molecule has 0 radical (unpaired) electrons. The summed E-state index contributed by atoms with van der Waals surface area (Å²) in [5.41, 5.74) is 0.814. The van der Waals surface area contributed by atoms with E-state index in [0.717, 1.165) is 5.56 Å². The molecule has 0 atom stereocenters. The second-order valence-corrected chi connectivity index (χ2v) is 5.22. The monoisotopic (exact) mass is 318 g/mol. The number of carbonyl (C=O) groups is 1. The minimum atomic E-state index is -4.69. The number of halogens is 3. The van der Waals surface area contributed by atoms with E-state index in [1.807, 2.05) is 25.7 Å². The summed E-state index contributed by atoms with van der Waals surface area (Å²) in [7, 11) is 0. The average Bonchev–Trinajstić information content (AvgIpc) is 2.37. The van der Waals surface area contributed by atoms with Crippen molar-refractivity contribution in [1.82, 2.24) is 10.2 Å². The number of carbonyl (C=O) groups excluding carboxylic acids is 1. The molecule has 0 saturated carbocycles. The highest BCUT2D eigenvalue weighted by Crippen LogP contribution is 2.23. The molecular weight excluding hydrogens is 297 g/mol. The van der Waals surface area contributed by atoms with Gasteiger partial charge in [0.15, 0.2) is 0 Å². The number of ether oxygens (including phenoxy) is 1. The van der Waals surface area contributed by atoms with Crippen molar-refractivity contribution < 1.29 is 22.7 Å². The minimum Gasteiger partial charge on any atom is -0.406 e. The molecule has 1 aromatic carbocycles. The molecule has 0 heterocycles. The third-order valence-corrected chi connectivity index (χ3v) is 2.83. The van der Waals surface area contributed by atoms with E-state index in [9.17, 15) is 18.0 Å². The summed E-state index contributed by atoms with van der Waals surface area (Å²) in [5, 5.41) is 2.80. The highest BCUT2D eigenvalue weighted by Gasteiger charge is 2.30. The van der Waals surface area contributed by atoms with Crippen molar-refractivity contribution in [2.24, 2.45) is 0 Å². The number of hydrogen-bond donors (Lipinski definition) is 1. The van der Waals surface area contributed by atoms with Gasteiger partial charge in [0, 0.05) is 12.6 Å².